The lowest BCUT2D eigenvalue weighted by molar-refractivity contribution is -0.140. The minimum absolute atomic E-state index is 0.0696. The molecule has 0 aliphatic rings. The number of ether oxygens (including phenoxy) is 1. The topological polar surface area (TPSA) is 26.3 Å². The van der Waals surface area contributed by atoms with Crippen LogP contribution in [0.25, 0.3) is 0 Å². The molecule has 0 aliphatic carbocycles. The summed E-state index contributed by atoms with van der Waals surface area (Å²) in [5, 5.41) is 0. The van der Waals surface area contributed by atoms with Crippen LogP contribution in [0.4, 0.5) is 0 Å². The van der Waals surface area contributed by atoms with Gasteiger partial charge in [0, 0.05) is 6.42 Å². The van der Waals surface area contributed by atoms with Crippen molar-refractivity contribution in [2.24, 2.45) is 5.92 Å². The van der Waals surface area contributed by atoms with Gasteiger partial charge in [-0.05, 0) is 19.3 Å². The fourth-order valence-corrected chi connectivity index (χ4v) is 0.770. The number of carbonyl (C=O) groups excluding carboxylic acids is 1. The molecule has 0 bridgehead atoms. The van der Waals surface area contributed by atoms with Gasteiger partial charge in [0.15, 0.2) is 0 Å². The molecule has 0 N–H and O–H groups in total. The molecule has 0 aliphatic heterocycles. The highest BCUT2D eigenvalue weighted by molar-refractivity contribution is 5.69. The number of esters is 1. The average molecular weight is 170 g/mol. The van der Waals surface area contributed by atoms with Gasteiger partial charge in [-0.1, -0.05) is 26.7 Å². The maximum absolute atomic E-state index is 10.9. The molecule has 0 amide bonds. The van der Waals surface area contributed by atoms with Crippen molar-refractivity contribution >= 4 is 5.97 Å². The summed E-state index contributed by atoms with van der Waals surface area (Å²) in [6.07, 6.45) is 3.67. The van der Waals surface area contributed by atoms with Gasteiger partial charge in [0.05, 0.1) is 0 Å². The zero-order valence-electron chi connectivity index (χ0n) is 8.01. The first-order valence-electron chi connectivity index (χ1n) is 4.52. The Hall–Kier alpha value is -0.530. The van der Waals surface area contributed by atoms with Crippen molar-refractivity contribution in [2.75, 3.05) is 0 Å². The molecule has 2 heteroatoms. The van der Waals surface area contributed by atoms with Crippen LogP contribution in [0.1, 0.15) is 39.5 Å². The second-order valence-electron chi connectivity index (χ2n) is 3.06. The van der Waals surface area contributed by atoms with Gasteiger partial charge in [-0.25, -0.2) is 0 Å². The summed E-state index contributed by atoms with van der Waals surface area (Å²) in [5.74, 6) is -0.0703. The van der Waals surface area contributed by atoms with Crippen molar-refractivity contribution in [3.8, 4) is 0 Å². The maximum Gasteiger partial charge on any atom is 0.306 e. The largest absolute Gasteiger partial charge is 0.458 e. The van der Waals surface area contributed by atoms with Crippen molar-refractivity contribution in [3.63, 3.8) is 0 Å². The van der Waals surface area contributed by atoms with Crippen LogP contribution in [-0.4, -0.2) is 5.97 Å². The molecule has 2 nitrogen and oxygen atoms in total. The lowest BCUT2D eigenvalue weighted by atomic mass is 10.2. The minimum Gasteiger partial charge on any atom is -0.458 e. The third kappa shape index (κ3) is 7.58. The summed E-state index contributed by atoms with van der Waals surface area (Å²) >= 11 is 0. The lowest BCUT2D eigenvalue weighted by Crippen LogP contribution is -2.04. The van der Waals surface area contributed by atoms with Gasteiger partial charge in [-0.2, -0.15) is 0 Å². The summed E-state index contributed by atoms with van der Waals surface area (Å²) in [5.41, 5.74) is 0. The molecule has 0 saturated heterocycles. The first kappa shape index (κ1) is 11.5. The molecular formula is C10H18O2. The second-order valence-corrected chi connectivity index (χ2v) is 3.06. The van der Waals surface area contributed by atoms with Crippen molar-refractivity contribution < 1.29 is 9.53 Å². The average Bonchev–Trinajstić information content (AvgIpc) is 2.01. The third-order valence-electron chi connectivity index (χ3n) is 1.42. The fourth-order valence-electron chi connectivity index (χ4n) is 0.770. The molecule has 0 aromatic heterocycles. The molecule has 1 unspecified atom stereocenters. The first-order valence-corrected chi connectivity index (χ1v) is 4.52. The summed E-state index contributed by atoms with van der Waals surface area (Å²) < 4.78 is 4.82. The summed E-state index contributed by atoms with van der Waals surface area (Å²) in [7, 11) is 0. The summed E-state index contributed by atoms with van der Waals surface area (Å²) in [4.78, 5) is 10.9. The first-order chi connectivity index (χ1) is 5.66. The van der Waals surface area contributed by atoms with Crippen LogP contribution in [0.2, 0.25) is 0 Å². The van der Waals surface area contributed by atoms with Gasteiger partial charge >= 0.3 is 5.97 Å². The fraction of sp³-hybridized carbons (Fsp3) is 0.700. The van der Waals surface area contributed by atoms with Gasteiger partial charge in [-0.3, -0.25) is 4.79 Å². The van der Waals surface area contributed by atoms with E-state index in [0.29, 0.717) is 6.42 Å². The minimum atomic E-state index is -0.140. The molecule has 0 aromatic rings. The van der Waals surface area contributed by atoms with Crippen molar-refractivity contribution in [3.05, 3.63) is 13.5 Å². The molecule has 1 atom stereocenters. The van der Waals surface area contributed by atoms with Crippen LogP contribution in [0.3, 0.4) is 0 Å². The van der Waals surface area contributed by atoms with Crippen LogP contribution in [0.5, 0.6) is 0 Å². The number of rotatable bonds is 6. The maximum atomic E-state index is 10.9. The Labute approximate surface area is 75.3 Å². The van der Waals surface area contributed by atoms with Crippen LogP contribution in [-0.2, 0) is 9.53 Å². The van der Waals surface area contributed by atoms with E-state index in [2.05, 4.69) is 13.8 Å². The number of unbranched alkanes of at least 4 members (excludes halogenated alkanes) is 2. The van der Waals surface area contributed by atoms with Crippen molar-refractivity contribution in [1.82, 2.24) is 0 Å². The predicted octanol–water partition coefficient (Wildman–Crippen LogP) is 2.74. The van der Waals surface area contributed by atoms with Crippen LogP contribution >= 0.6 is 0 Å². The van der Waals surface area contributed by atoms with Crippen molar-refractivity contribution in [2.45, 2.75) is 39.5 Å². The van der Waals surface area contributed by atoms with E-state index in [1.807, 2.05) is 6.92 Å². The van der Waals surface area contributed by atoms with Crippen LogP contribution in [0, 0.1) is 19.4 Å². The van der Waals surface area contributed by atoms with E-state index in [9.17, 15) is 4.79 Å². The smallest absolute Gasteiger partial charge is 0.306 e. The standard InChI is InChI=1S/C10H18O2/c1-4-5-6-7-10(11)12-8-9(2)3/h8-9H,2,4-7H2,1,3H3. The summed E-state index contributed by atoms with van der Waals surface area (Å²) in [6, 6.07) is 0. The van der Waals surface area contributed by atoms with Gasteiger partial charge in [0.1, 0.15) is 6.61 Å². The summed E-state index contributed by atoms with van der Waals surface area (Å²) in [6.45, 7) is 9.14. The lowest BCUT2D eigenvalue weighted by Gasteiger charge is -2.04. The molecule has 0 rings (SSSR count). The zero-order valence-corrected chi connectivity index (χ0v) is 8.01. The van der Waals surface area contributed by atoms with Gasteiger partial charge in [0.25, 0.3) is 0 Å². The molecule has 0 spiro atoms. The van der Waals surface area contributed by atoms with E-state index in [-0.39, 0.29) is 11.9 Å². The van der Waals surface area contributed by atoms with Crippen LogP contribution in [0.15, 0.2) is 0 Å². The SMILES string of the molecule is [CH2]C(C)[CH]OC(=O)CCCCC. The monoisotopic (exact) mass is 170 g/mol. The molecule has 12 heavy (non-hydrogen) atoms. The Kier molecular flexibility index (Phi) is 6.82. The molecule has 0 aromatic carbocycles. The van der Waals surface area contributed by atoms with E-state index in [1.165, 1.54) is 6.61 Å². The Morgan fingerprint density at radius 1 is 1.58 bits per heavy atom. The number of hydrogen-bond acceptors (Lipinski definition) is 2. The highest BCUT2D eigenvalue weighted by atomic mass is 16.5. The van der Waals surface area contributed by atoms with E-state index < -0.39 is 0 Å². The Bertz CT molecular complexity index is 119. The Morgan fingerprint density at radius 3 is 2.75 bits per heavy atom. The Balaban J connectivity index is 3.22. The normalized spacial score (nSPS) is 10.3. The van der Waals surface area contributed by atoms with Gasteiger partial charge in [0.2, 0.25) is 0 Å². The second kappa shape index (κ2) is 7.14. The molecule has 0 fully saturated rings. The third-order valence-corrected chi connectivity index (χ3v) is 1.42. The van der Waals surface area contributed by atoms with E-state index in [1.54, 1.807) is 0 Å². The quantitative estimate of drug-likeness (QED) is 0.452. The number of carbonyl (C=O) groups is 1. The number of hydrogen-bond donors (Lipinski definition) is 0. The Morgan fingerprint density at radius 2 is 2.25 bits per heavy atom. The highest BCUT2D eigenvalue weighted by Gasteiger charge is 2.03. The molecule has 0 heterocycles. The predicted molar refractivity (Wildman–Crippen MR) is 49.1 cm³/mol. The molecular weight excluding hydrogens is 152 g/mol. The van der Waals surface area contributed by atoms with E-state index in [4.69, 9.17) is 4.74 Å². The van der Waals surface area contributed by atoms with Crippen LogP contribution < -0.4 is 0 Å². The van der Waals surface area contributed by atoms with Gasteiger partial charge in [-0.15, -0.1) is 0 Å². The van der Waals surface area contributed by atoms with E-state index >= 15 is 0 Å². The molecule has 2 radical (unpaired) electrons. The molecule has 0 saturated carbocycles. The van der Waals surface area contributed by atoms with Gasteiger partial charge < -0.3 is 4.74 Å². The highest BCUT2D eigenvalue weighted by Crippen LogP contribution is 2.04. The molecule has 70 valence electrons. The zero-order chi connectivity index (χ0) is 9.40. The van der Waals surface area contributed by atoms with E-state index in [0.717, 1.165) is 19.3 Å². The van der Waals surface area contributed by atoms with Crippen molar-refractivity contribution in [1.29, 1.82) is 0 Å².